The Bertz CT molecular complexity index is 251. The minimum absolute atomic E-state index is 0.190. The van der Waals surface area contributed by atoms with Gasteiger partial charge in [0.25, 0.3) is 0 Å². The predicted octanol–water partition coefficient (Wildman–Crippen LogP) is 7.66. The molecule has 0 aromatic rings. The summed E-state index contributed by atoms with van der Waals surface area (Å²) in [6, 6.07) is 0. The first-order valence-corrected chi connectivity index (χ1v) is 12.4. The molecule has 0 saturated heterocycles. The van der Waals surface area contributed by atoms with Gasteiger partial charge in [0.05, 0.1) is 12.4 Å². The number of esters is 1. The Hall–Kier alpha value is 0.170. The summed E-state index contributed by atoms with van der Waals surface area (Å²) < 4.78 is 4.88. The Morgan fingerprint density at radius 2 is 1.00 bits per heavy atom. The van der Waals surface area contributed by atoms with Crippen LogP contribution in [0.25, 0.3) is 0 Å². The van der Waals surface area contributed by atoms with Gasteiger partial charge in [0, 0.05) is 0 Å². The molecule has 0 heterocycles. The standard InChI is InChI=1S/C12H26S.C10H20O2S/c1-2-3-4-5-6-7-8-9-10-11-12-13;1-2-3-4-5-6-7-8-12-10(11)9-13/h13H,2-12H2,1H3;13H,2-9H2,1H3. The molecule has 0 saturated carbocycles. The number of hydrogen-bond acceptors (Lipinski definition) is 4. The molecule has 0 aromatic carbocycles. The maximum Gasteiger partial charge on any atom is 0.315 e. The van der Waals surface area contributed by atoms with Crippen molar-refractivity contribution in [3.8, 4) is 0 Å². The van der Waals surface area contributed by atoms with Crippen LogP contribution in [0.2, 0.25) is 0 Å². The predicted molar refractivity (Wildman–Crippen MR) is 124 cm³/mol. The zero-order chi connectivity index (χ0) is 19.7. The van der Waals surface area contributed by atoms with Crippen molar-refractivity contribution < 1.29 is 9.53 Å². The molecule has 0 fully saturated rings. The van der Waals surface area contributed by atoms with Gasteiger partial charge >= 0.3 is 5.97 Å². The van der Waals surface area contributed by atoms with Crippen LogP contribution in [0, 0.1) is 0 Å². The van der Waals surface area contributed by atoms with Gasteiger partial charge in [-0.1, -0.05) is 104 Å². The number of ether oxygens (including phenoxy) is 1. The van der Waals surface area contributed by atoms with Crippen LogP contribution >= 0.6 is 25.3 Å². The number of rotatable bonds is 18. The first kappa shape index (κ1) is 28.4. The van der Waals surface area contributed by atoms with E-state index in [-0.39, 0.29) is 11.7 Å². The van der Waals surface area contributed by atoms with E-state index in [4.69, 9.17) is 4.74 Å². The molecule has 0 unspecified atom stereocenters. The third-order valence-electron chi connectivity index (χ3n) is 4.40. The summed E-state index contributed by atoms with van der Waals surface area (Å²) in [6.07, 6.45) is 21.5. The van der Waals surface area contributed by atoms with Gasteiger partial charge in [0.2, 0.25) is 0 Å². The van der Waals surface area contributed by atoms with Gasteiger partial charge in [-0.15, -0.1) is 0 Å². The van der Waals surface area contributed by atoms with Crippen LogP contribution in [0.1, 0.15) is 117 Å². The highest BCUT2D eigenvalue weighted by molar-refractivity contribution is 7.81. The van der Waals surface area contributed by atoms with Crippen LogP contribution in [0.4, 0.5) is 0 Å². The Morgan fingerprint density at radius 3 is 1.38 bits per heavy atom. The van der Waals surface area contributed by atoms with Crippen LogP contribution in [-0.4, -0.2) is 24.1 Å². The van der Waals surface area contributed by atoms with Crippen molar-refractivity contribution in [3.63, 3.8) is 0 Å². The van der Waals surface area contributed by atoms with E-state index in [0.717, 1.165) is 12.2 Å². The first-order chi connectivity index (χ1) is 12.7. The van der Waals surface area contributed by atoms with Crippen molar-refractivity contribution in [2.24, 2.45) is 0 Å². The lowest BCUT2D eigenvalue weighted by Crippen LogP contribution is -2.06. The molecule has 2 nitrogen and oxygen atoms in total. The van der Waals surface area contributed by atoms with Crippen molar-refractivity contribution in [2.45, 2.75) is 117 Å². The third kappa shape index (κ3) is 29.0. The van der Waals surface area contributed by atoms with Crippen LogP contribution in [0.5, 0.6) is 0 Å². The molecule has 26 heavy (non-hydrogen) atoms. The highest BCUT2D eigenvalue weighted by Crippen LogP contribution is 2.10. The summed E-state index contributed by atoms with van der Waals surface area (Å²) >= 11 is 8.01. The fourth-order valence-electron chi connectivity index (χ4n) is 2.71. The Balaban J connectivity index is 0. The second-order valence-electron chi connectivity index (χ2n) is 7.05. The van der Waals surface area contributed by atoms with E-state index in [1.807, 2.05) is 0 Å². The number of carbonyl (C=O) groups is 1. The summed E-state index contributed by atoms with van der Waals surface area (Å²) in [6.45, 7) is 5.04. The first-order valence-electron chi connectivity index (χ1n) is 11.1. The van der Waals surface area contributed by atoms with E-state index >= 15 is 0 Å². The van der Waals surface area contributed by atoms with E-state index in [0.29, 0.717) is 6.61 Å². The molecule has 0 aliphatic rings. The van der Waals surface area contributed by atoms with Gasteiger partial charge in [-0.2, -0.15) is 25.3 Å². The monoisotopic (exact) mass is 406 g/mol. The summed E-state index contributed by atoms with van der Waals surface area (Å²) in [4.78, 5) is 10.6. The van der Waals surface area contributed by atoms with Crippen molar-refractivity contribution in [1.82, 2.24) is 0 Å². The largest absolute Gasteiger partial charge is 0.465 e. The minimum Gasteiger partial charge on any atom is -0.465 e. The topological polar surface area (TPSA) is 26.3 Å². The maximum absolute atomic E-state index is 10.6. The van der Waals surface area contributed by atoms with Crippen molar-refractivity contribution >= 4 is 31.2 Å². The molecule has 0 rings (SSSR count). The Kier molecular flexibility index (Phi) is 29.9. The quantitative estimate of drug-likeness (QED) is 0.139. The highest BCUT2D eigenvalue weighted by atomic mass is 32.1. The molecular formula is C22H46O2S2. The summed E-state index contributed by atoms with van der Waals surface area (Å²) in [5.41, 5.74) is 0. The van der Waals surface area contributed by atoms with Crippen molar-refractivity contribution in [2.75, 3.05) is 18.1 Å². The Morgan fingerprint density at radius 1 is 0.615 bits per heavy atom. The lowest BCUT2D eigenvalue weighted by Gasteiger charge is -2.02. The minimum atomic E-state index is -0.211. The third-order valence-corrected chi connectivity index (χ3v) is 4.98. The molecule has 0 radical (unpaired) electrons. The molecular weight excluding hydrogens is 360 g/mol. The molecule has 0 aliphatic carbocycles. The smallest absolute Gasteiger partial charge is 0.315 e. The van der Waals surface area contributed by atoms with E-state index in [9.17, 15) is 4.79 Å². The van der Waals surface area contributed by atoms with E-state index in [1.165, 1.54) is 96.3 Å². The van der Waals surface area contributed by atoms with E-state index < -0.39 is 0 Å². The summed E-state index contributed by atoms with van der Waals surface area (Å²) in [7, 11) is 0. The molecule has 158 valence electrons. The molecule has 0 N–H and O–H groups in total. The maximum atomic E-state index is 10.6. The second-order valence-corrected chi connectivity index (χ2v) is 7.82. The van der Waals surface area contributed by atoms with Gasteiger partial charge in [-0.05, 0) is 18.6 Å². The van der Waals surface area contributed by atoms with Gasteiger partial charge < -0.3 is 4.74 Å². The molecule has 0 amide bonds. The van der Waals surface area contributed by atoms with Crippen LogP contribution in [0.3, 0.4) is 0 Å². The molecule has 0 bridgehead atoms. The van der Waals surface area contributed by atoms with Crippen LogP contribution in [0.15, 0.2) is 0 Å². The van der Waals surface area contributed by atoms with Gasteiger partial charge in [-0.25, -0.2) is 0 Å². The van der Waals surface area contributed by atoms with Crippen molar-refractivity contribution in [1.29, 1.82) is 0 Å². The van der Waals surface area contributed by atoms with Gasteiger partial charge in [0.1, 0.15) is 0 Å². The number of thiol groups is 2. The summed E-state index contributed by atoms with van der Waals surface area (Å²) in [5, 5.41) is 0. The van der Waals surface area contributed by atoms with E-state index in [1.54, 1.807) is 0 Å². The molecule has 0 spiro atoms. The average molecular weight is 407 g/mol. The molecule has 4 heteroatoms. The van der Waals surface area contributed by atoms with Gasteiger partial charge in [-0.3, -0.25) is 4.79 Å². The Labute approximate surface area is 175 Å². The molecule has 0 atom stereocenters. The fourth-order valence-corrected chi connectivity index (χ4v) is 3.03. The number of carbonyl (C=O) groups excluding carboxylic acids is 1. The highest BCUT2D eigenvalue weighted by Gasteiger charge is 1.97. The number of unbranched alkanes of at least 4 members (excludes halogenated alkanes) is 14. The lowest BCUT2D eigenvalue weighted by atomic mass is 10.1. The SMILES string of the molecule is CCCCCCCCCCCCS.CCCCCCCCOC(=O)CS. The second kappa shape index (κ2) is 27.4. The van der Waals surface area contributed by atoms with Crippen LogP contribution in [-0.2, 0) is 9.53 Å². The van der Waals surface area contributed by atoms with E-state index in [2.05, 4.69) is 39.1 Å². The zero-order valence-corrected chi connectivity index (χ0v) is 19.4. The zero-order valence-electron chi connectivity index (χ0n) is 17.6. The number of hydrogen-bond donors (Lipinski definition) is 2. The fraction of sp³-hybridized carbons (Fsp3) is 0.955. The van der Waals surface area contributed by atoms with Gasteiger partial charge in [0.15, 0.2) is 0 Å². The summed E-state index contributed by atoms with van der Waals surface area (Å²) in [5.74, 6) is 1.05. The van der Waals surface area contributed by atoms with Crippen LogP contribution < -0.4 is 0 Å². The molecule has 0 aliphatic heterocycles. The normalized spacial score (nSPS) is 10.3. The lowest BCUT2D eigenvalue weighted by molar-refractivity contribution is -0.140. The average Bonchev–Trinajstić information content (AvgIpc) is 2.66. The molecule has 0 aromatic heterocycles. The van der Waals surface area contributed by atoms with Crippen molar-refractivity contribution in [3.05, 3.63) is 0 Å².